The van der Waals surface area contributed by atoms with Gasteiger partial charge in [0.25, 0.3) is 0 Å². The van der Waals surface area contributed by atoms with E-state index in [0.29, 0.717) is 0 Å². The summed E-state index contributed by atoms with van der Waals surface area (Å²) in [5, 5.41) is 7.42. The number of rotatable bonds is 0. The molecule has 0 amide bonds. The van der Waals surface area contributed by atoms with Crippen LogP contribution in [0.3, 0.4) is 0 Å². The Morgan fingerprint density at radius 2 is 1.07 bits per heavy atom. The minimum Gasteiger partial charge on any atom is -0.362 e. The van der Waals surface area contributed by atoms with E-state index >= 15 is 0 Å². The van der Waals surface area contributed by atoms with E-state index in [1.165, 1.54) is 67.7 Å². The predicted octanol–water partition coefficient (Wildman–Crippen LogP) is 5.75. The minimum atomic E-state index is 1.06. The van der Waals surface area contributed by atoms with Gasteiger partial charge in [-0.1, -0.05) is 0 Å². The molecule has 2 fully saturated rings. The van der Waals surface area contributed by atoms with Crippen LogP contribution in [0.25, 0.3) is 22.3 Å². The quantitative estimate of drug-likeness (QED) is 0.476. The van der Waals surface area contributed by atoms with Crippen LogP contribution in [0.2, 0.25) is 0 Å². The van der Waals surface area contributed by atoms with Gasteiger partial charge < -0.3 is 20.6 Å². The Morgan fingerprint density at radius 1 is 0.607 bits per heavy atom. The first-order valence-corrected chi connectivity index (χ1v) is 10.2. The van der Waals surface area contributed by atoms with Gasteiger partial charge >= 0.3 is 0 Å². The van der Waals surface area contributed by atoms with Crippen molar-refractivity contribution in [3.63, 3.8) is 0 Å². The highest BCUT2D eigenvalue weighted by atomic mass is 15.0. The summed E-state index contributed by atoms with van der Waals surface area (Å²) in [6.07, 6.45) is 6.40. The second-order valence-corrected chi connectivity index (χ2v) is 8.25. The zero-order valence-corrected chi connectivity index (χ0v) is 17.1. The van der Waals surface area contributed by atoms with Crippen molar-refractivity contribution in [2.75, 3.05) is 0 Å². The zero-order valence-electron chi connectivity index (χ0n) is 17.1. The number of fused-ring (bicyclic) bond motifs is 8. The van der Waals surface area contributed by atoms with E-state index in [1.54, 1.807) is 0 Å². The lowest BCUT2D eigenvalue weighted by Gasteiger charge is -2.10. The molecule has 2 aromatic rings. The molecule has 0 radical (unpaired) electrons. The maximum absolute atomic E-state index is 3.71. The molecular formula is C24H28N4. The fourth-order valence-electron chi connectivity index (χ4n) is 4.56. The van der Waals surface area contributed by atoms with Crippen LogP contribution in [0.4, 0.5) is 0 Å². The molecule has 4 heteroatoms. The molecule has 5 rings (SSSR count). The van der Waals surface area contributed by atoms with Crippen LogP contribution in [-0.4, -0.2) is 9.97 Å². The minimum absolute atomic E-state index is 1.06. The Morgan fingerprint density at radius 3 is 1.61 bits per heavy atom. The summed E-state index contributed by atoms with van der Waals surface area (Å²) in [7, 11) is 0. The van der Waals surface area contributed by atoms with Crippen molar-refractivity contribution in [1.29, 1.82) is 0 Å². The number of aromatic nitrogens is 2. The monoisotopic (exact) mass is 372 g/mol. The number of aromatic amines is 2. The lowest BCUT2D eigenvalue weighted by Crippen LogP contribution is -2.07. The molecule has 4 nitrogen and oxygen atoms in total. The first-order valence-electron chi connectivity index (χ1n) is 10.2. The summed E-state index contributed by atoms with van der Waals surface area (Å²) in [6, 6.07) is 6.72. The molecule has 3 aliphatic rings. The van der Waals surface area contributed by atoms with E-state index in [4.69, 9.17) is 0 Å². The largest absolute Gasteiger partial charge is 0.362 e. The molecule has 0 spiro atoms. The number of nitrogens with one attached hydrogen (secondary N) is 4. The average molecular weight is 373 g/mol. The third-order valence-corrected chi connectivity index (χ3v) is 6.68. The van der Waals surface area contributed by atoms with E-state index < -0.39 is 0 Å². The van der Waals surface area contributed by atoms with Crippen LogP contribution in [-0.2, 0) is 0 Å². The molecular weight excluding hydrogens is 344 g/mol. The van der Waals surface area contributed by atoms with Gasteiger partial charge in [-0.25, -0.2) is 0 Å². The maximum atomic E-state index is 3.71. The normalized spacial score (nSPS) is 19.6. The number of hydrogen-bond donors (Lipinski definition) is 4. The second-order valence-electron chi connectivity index (χ2n) is 8.25. The molecule has 3 aliphatic heterocycles. The van der Waals surface area contributed by atoms with E-state index in [0.717, 1.165) is 25.7 Å². The van der Waals surface area contributed by atoms with E-state index in [-0.39, 0.29) is 0 Å². The molecule has 2 saturated heterocycles. The van der Waals surface area contributed by atoms with Gasteiger partial charge in [0.05, 0.1) is 0 Å². The van der Waals surface area contributed by atoms with Gasteiger partial charge in [0.2, 0.25) is 0 Å². The van der Waals surface area contributed by atoms with Gasteiger partial charge in [0.15, 0.2) is 0 Å². The lowest BCUT2D eigenvalue weighted by molar-refractivity contribution is 1.04. The topological polar surface area (TPSA) is 55.6 Å². The van der Waals surface area contributed by atoms with Crippen LogP contribution >= 0.6 is 0 Å². The molecule has 0 unspecified atom stereocenters. The van der Waals surface area contributed by atoms with Crippen molar-refractivity contribution in [2.45, 2.75) is 53.4 Å². The van der Waals surface area contributed by atoms with Gasteiger partial charge in [-0.3, -0.25) is 0 Å². The smallest absolute Gasteiger partial charge is 0.0433 e. The zero-order chi connectivity index (χ0) is 19.4. The fourth-order valence-corrected chi connectivity index (χ4v) is 4.56. The third kappa shape index (κ3) is 2.67. The van der Waals surface area contributed by atoms with Crippen molar-refractivity contribution in [3.8, 4) is 0 Å². The van der Waals surface area contributed by atoms with Gasteiger partial charge in [-0.2, -0.15) is 0 Å². The molecule has 8 bridgehead atoms. The summed E-state index contributed by atoms with van der Waals surface area (Å²) >= 11 is 0. The van der Waals surface area contributed by atoms with Gasteiger partial charge in [-0.05, 0) is 99.4 Å². The Kier molecular flexibility index (Phi) is 3.90. The number of allylic oxidation sites excluding steroid dienone is 8. The lowest BCUT2D eigenvalue weighted by atomic mass is 10.1. The SMILES string of the molecule is CC1=C2CCC(=C(C)c3ccc([nH]3)C(C)=C3CCC(=C(C)c4cc1c[nH]4)N3)N2. The summed E-state index contributed by atoms with van der Waals surface area (Å²) in [5.74, 6) is 0. The van der Waals surface area contributed by atoms with Crippen molar-refractivity contribution < 1.29 is 0 Å². The fraction of sp³-hybridized carbons (Fsp3) is 0.333. The van der Waals surface area contributed by atoms with Crippen molar-refractivity contribution in [3.05, 3.63) is 69.8 Å². The molecule has 4 N–H and O–H groups in total. The summed E-state index contributed by atoms with van der Waals surface area (Å²) in [6.45, 7) is 8.87. The van der Waals surface area contributed by atoms with Crippen molar-refractivity contribution in [1.82, 2.24) is 20.6 Å². The van der Waals surface area contributed by atoms with Gasteiger partial charge in [-0.15, -0.1) is 0 Å². The van der Waals surface area contributed by atoms with Crippen LogP contribution in [0, 0.1) is 0 Å². The highest BCUT2D eigenvalue weighted by molar-refractivity contribution is 5.76. The van der Waals surface area contributed by atoms with E-state index in [2.05, 4.69) is 72.7 Å². The molecule has 0 atom stereocenters. The molecule has 5 heterocycles. The molecule has 2 aromatic heterocycles. The maximum Gasteiger partial charge on any atom is 0.0433 e. The molecule has 0 saturated carbocycles. The molecule has 0 aliphatic carbocycles. The van der Waals surface area contributed by atoms with Crippen LogP contribution < -0.4 is 10.6 Å². The highest BCUT2D eigenvalue weighted by Gasteiger charge is 2.22. The molecule has 144 valence electrons. The average Bonchev–Trinajstić information content (AvgIpc) is 3.49. The Balaban J connectivity index is 1.70. The predicted molar refractivity (Wildman–Crippen MR) is 117 cm³/mol. The van der Waals surface area contributed by atoms with Crippen molar-refractivity contribution in [2.24, 2.45) is 0 Å². The summed E-state index contributed by atoms with van der Waals surface area (Å²) in [4.78, 5) is 7.15. The summed E-state index contributed by atoms with van der Waals surface area (Å²) in [5.41, 5.74) is 15.5. The Bertz CT molecular complexity index is 928. The van der Waals surface area contributed by atoms with Crippen LogP contribution in [0.5, 0.6) is 0 Å². The van der Waals surface area contributed by atoms with Gasteiger partial charge in [0, 0.05) is 46.1 Å². The number of hydrogen-bond acceptors (Lipinski definition) is 2. The van der Waals surface area contributed by atoms with Crippen molar-refractivity contribution >= 4 is 22.3 Å². The van der Waals surface area contributed by atoms with Crippen LogP contribution in [0.15, 0.2) is 47.2 Å². The third-order valence-electron chi connectivity index (χ3n) is 6.68. The first-order chi connectivity index (χ1) is 13.5. The van der Waals surface area contributed by atoms with E-state index in [9.17, 15) is 0 Å². The number of H-pyrrole nitrogens is 2. The van der Waals surface area contributed by atoms with Crippen LogP contribution in [0.1, 0.15) is 76.0 Å². The Hall–Kier alpha value is -2.88. The second kappa shape index (κ2) is 6.33. The first kappa shape index (κ1) is 17.2. The Labute approximate surface area is 166 Å². The molecule has 28 heavy (non-hydrogen) atoms. The molecule has 0 aromatic carbocycles. The summed E-state index contributed by atoms with van der Waals surface area (Å²) < 4.78 is 0. The van der Waals surface area contributed by atoms with Gasteiger partial charge in [0.1, 0.15) is 0 Å². The standard InChI is InChI=1S/C24H28N4/c1-13-17-11-24(25-12-17)16(4)23-10-9-22(28-23)15(3)21-8-7-20(27-21)14(2)19-6-5-18(13)26-19/h7-8,11-12,25-28H,5-6,9-10H2,1-4H3. The highest BCUT2D eigenvalue weighted by Crippen LogP contribution is 2.35. The van der Waals surface area contributed by atoms with E-state index in [1.807, 2.05) is 0 Å².